The van der Waals surface area contributed by atoms with Gasteiger partial charge in [-0.3, -0.25) is 0 Å². The zero-order valence-corrected chi connectivity index (χ0v) is 11.5. The van der Waals surface area contributed by atoms with Crippen molar-refractivity contribution in [1.82, 2.24) is 0 Å². The third-order valence-corrected chi connectivity index (χ3v) is 3.04. The summed E-state index contributed by atoms with van der Waals surface area (Å²) < 4.78 is 0. The zero-order valence-electron chi connectivity index (χ0n) is 11.5. The van der Waals surface area contributed by atoms with Crippen LogP contribution in [0.3, 0.4) is 0 Å². The molecule has 0 aliphatic heterocycles. The Morgan fingerprint density at radius 2 is 1.44 bits per heavy atom. The van der Waals surface area contributed by atoms with Crippen molar-refractivity contribution in [2.75, 3.05) is 0 Å². The number of nitrogens with two attached hydrogens (primary N) is 1. The van der Waals surface area contributed by atoms with Crippen molar-refractivity contribution in [3.8, 4) is 0 Å². The average Bonchev–Trinajstić information content (AvgIpc) is 2.14. The van der Waals surface area contributed by atoms with E-state index in [0.29, 0.717) is 0 Å². The van der Waals surface area contributed by atoms with Crippen molar-refractivity contribution < 1.29 is 0 Å². The van der Waals surface area contributed by atoms with Gasteiger partial charge >= 0.3 is 0 Å². The molecule has 0 heterocycles. The number of hydrogen-bond donors (Lipinski definition) is 1. The lowest BCUT2D eigenvalue weighted by molar-refractivity contribution is 0.323. The van der Waals surface area contributed by atoms with Gasteiger partial charge < -0.3 is 5.73 Å². The van der Waals surface area contributed by atoms with E-state index in [1.54, 1.807) is 0 Å². The lowest BCUT2D eigenvalue weighted by atomic mass is 9.76. The first kappa shape index (κ1) is 13.2. The molecule has 1 aromatic rings. The van der Waals surface area contributed by atoms with E-state index in [1.807, 2.05) is 0 Å². The molecule has 90 valence electrons. The highest BCUT2D eigenvalue weighted by Gasteiger charge is 2.27. The minimum Gasteiger partial charge on any atom is -0.324 e. The summed E-state index contributed by atoms with van der Waals surface area (Å²) in [5.41, 5.74) is 9.26. The van der Waals surface area contributed by atoms with Gasteiger partial charge in [-0.15, -0.1) is 0 Å². The van der Waals surface area contributed by atoms with E-state index >= 15 is 0 Å². The topological polar surface area (TPSA) is 26.0 Å². The molecule has 0 spiro atoms. The summed E-state index contributed by atoms with van der Waals surface area (Å²) in [6.45, 7) is 13.3. The molecule has 0 aromatic heterocycles. The molecule has 0 saturated heterocycles. The van der Waals surface area contributed by atoms with Gasteiger partial charge in [0, 0.05) is 6.04 Å². The van der Waals surface area contributed by atoms with E-state index < -0.39 is 0 Å². The molecular formula is C15H25N. The molecule has 0 aliphatic carbocycles. The van der Waals surface area contributed by atoms with Crippen molar-refractivity contribution >= 4 is 0 Å². The second-order valence-corrected chi connectivity index (χ2v) is 6.68. The number of benzene rings is 1. The molecule has 1 atom stereocenters. The Labute approximate surface area is 100 Å². The van der Waals surface area contributed by atoms with Gasteiger partial charge in [0.2, 0.25) is 0 Å². The van der Waals surface area contributed by atoms with Crippen molar-refractivity contribution in [2.24, 2.45) is 11.1 Å². The van der Waals surface area contributed by atoms with Gasteiger partial charge in [0.15, 0.2) is 0 Å². The zero-order chi connectivity index (χ0) is 12.6. The molecule has 0 amide bonds. The lowest BCUT2D eigenvalue weighted by Gasteiger charge is -2.32. The minimum absolute atomic E-state index is 0.0860. The fourth-order valence-corrected chi connectivity index (χ4v) is 1.92. The second kappa shape index (κ2) is 4.21. The van der Waals surface area contributed by atoms with Gasteiger partial charge in [0.1, 0.15) is 0 Å². The maximum absolute atomic E-state index is 6.37. The third kappa shape index (κ3) is 2.85. The van der Waals surface area contributed by atoms with Gasteiger partial charge in [-0.1, -0.05) is 65.8 Å². The molecule has 0 aliphatic rings. The molecule has 1 unspecified atom stereocenters. The second-order valence-electron chi connectivity index (χ2n) is 6.68. The normalized spacial score (nSPS) is 14.9. The summed E-state index contributed by atoms with van der Waals surface area (Å²) in [6, 6.07) is 8.62. The Kier molecular flexibility index (Phi) is 3.49. The van der Waals surface area contributed by atoms with Crippen LogP contribution in [0, 0.1) is 5.41 Å². The van der Waals surface area contributed by atoms with Crippen LogP contribution in [0.1, 0.15) is 58.7 Å². The lowest BCUT2D eigenvalue weighted by Crippen LogP contribution is -2.29. The Morgan fingerprint density at radius 1 is 0.938 bits per heavy atom. The average molecular weight is 219 g/mol. The summed E-state index contributed by atoms with van der Waals surface area (Å²) in [6.07, 6.45) is 0. The molecule has 0 radical (unpaired) electrons. The summed E-state index contributed by atoms with van der Waals surface area (Å²) in [5, 5.41) is 0. The monoisotopic (exact) mass is 219 g/mol. The largest absolute Gasteiger partial charge is 0.324 e. The Hall–Kier alpha value is -0.820. The number of rotatable bonds is 1. The van der Waals surface area contributed by atoms with Crippen molar-refractivity contribution in [3.05, 3.63) is 35.4 Å². The molecule has 0 saturated carbocycles. The fraction of sp³-hybridized carbons (Fsp3) is 0.600. The van der Waals surface area contributed by atoms with Crippen LogP contribution in [0.5, 0.6) is 0 Å². The van der Waals surface area contributed by atoms with Gasteiger partial charge in [0.05, 0.1) is 0 Å². The van der Waals surface area contributed by atoms with E-state index in [9.17, 15) is 0 Å². The molecular weight excluding hydrogens is 194 g/mol. The minimum atomic E-state index is 0.0860. The maximum atomic E-state index is 6.37. The first-order chi connectivity index (χ1) is 7.14. The predicted octanol–water partition coefficient (Wildman–Crippen LogP) is 4.03. The van der Waals surface area contributed by atoms with E-state index in [4.69, 9.17) is 5.73 Å². The highest BCUT2D eigenvalue weighted by atomic mass is 14.7. The van der Waals surface area contributed by atoms with E-state index in [0.717, 1.165) is 0 Å². The van der Waals surface area contributed by atoms with E-state index in [-0.39, 0.29) is 16.9 Å². The van der Waals surface area contributed by atoms with Crippen LogP contribution in [0.4, 0.5) is 0 Å². The first-order valence-electron chi connectivity index (χ1n) is 5.99. The van der Waals surface area contributed by atoms with Gasteiger partial charge in [-0.05, 0) is 22.0 Å². The Morgan fingerprint density at radius 3 is 1.88 bits per heavy atom. The predicted molar refractivity (Wildman–Crippen MR) is 71.5 cm³/mol. The van der Waals surface area contributed by atoms with Crippen molar-refractivity contribution in [1.29, 1.82) is 0 Å². The number of hydrogen-bond acceptors (Lipinski definition) is 1. The van der Waals surface area contributed by atoms with Crippen LogP contribution >= 0.6 is 0 Å². The first-order valence-corrected chi connectivity index (χ1v) is 5.99. The molecule has 1 rings (SSSR count). The highest BCUT2D eigenvalue weighted by Crippen LogP contribution is 2.36. The summed E-state index contributed by atoms with van der Waals surface area (Å²) >= 11 is 0. The van der Waals surface area contributed by atoms with Crippen LogP contribution in [0.25, 0.3) is 0 Å². The molecule has 16 heavy (non-hydrogen) atoms. The molecule has 2 N–H and O–H groups in total. The molecule has 0 fully saturated rings. The van der Waals surface area contributed by atoms with Crippen LogP contribution in [-0.4, -0.2) is 0 Å². The highest BCUT2D eigenvalue weighted by molar-refractivity contribution is 5.35. The van der Waals surface area contributed by atoms with Gasteiger partial charge in [0.25, 0.3) is 0 Å². The summed E-state index contributed by atoms with van der Waals surface area (Å²) in [4.78, 5) is 0. The van der Waals surface area contributed by atoms with E-state index in [1.165, 1.54) is 11.1 Å². The van der Waals surface area contributed by atoms with Crippen molar-refractivity contribution in [3.63, 3.8) is 0 Å². The van der Waals surface area contributed by atoms with Crippen molar-refractivity contribution in [2.45, 2.75) is 53.0 Å². The molecule has 0 bridgehead atoms. The van der Waals surface area contributed by atoms with Crippen LogP contribution < -0.4 is 5.73 Å². The SMILES string of the molecule is CC(C)(C)c1ccccc1C(N)C(C)(C)C. The quantitative estimate of drug-likeness (QED) is 0.758. The van der Waals surface area contributed by atoms with Crippen LogP contribution in [0.15, 0.2) is 24.3 Å². The summed E-state index contributed by atoms with van der Waals surface area (Å²) in [5.74, 6) is 0. The fourth-order valence-electron chi connectivity index (χ4n) is 1.92. The van der Waals surface area contributed by atoms with Crippen LogP contribution in [-0.2, 0) is 5.41 Å². The standard InChI is InChI=1S/C15H25N/c1-14(2,3)12-10-8-7-9-11(12)13(16)15(4,5)6/h7-10,13H,16H2,1-6H3. The molecule has 1 aromatic carbocycles. The Bertz CT molecular complexity index is 352. The van der Waals surface area contributed by atoms with Gasteiger partial charge in [-0.25, -0.2) is 0 Å². The van der Waals surface area contributed by atoms with E-state index in [2.05, 4.69) is 65.8 Å². The third-order valence-electron chi connectivity index (χ3n) is 3.04. The molecule has 1 heteroatoms. The van der Waals surface area contributed by atoms with Crippen LogP contribution in [0.2, 0.25) is 0 Å². The maximum Gasteiger partial charge on any atom is 0.0347 e. The molecule has 1 nitrogen and oxygen atoms in total. The Balaban J connectivity index is 3.25. The summed E-state index contributed by atoms with van der Waals surface area (Å²) in [7, 11) is 0. The van der Waals surface area contributed by atoms with Gasteiger partial charge in [-0.2, -0.15) is 0 Å². The smallest absolute Gasteiger partial charge is 0.0347 e.